The molecule has 5 nitrogen and oxygen atoms in total. The van der Waals surface area contributed by atoms with Gasteiger partial charge in [-0.15, -0.1) is 0 Å². The van der Waals surface area contributed by atoms with E-state index >= 15 is 0 Å². The van der Waals surface area contributed by atoms with Crippen LogP contribution in [0.25, 0.3) is 32.7 Å². The van der Waals surface area contributed by atoms with Gasteiger partial charge in [-0.3, -0.25) is 4.79 Å². The third kappa shape index (κ3) is 3.27. The molecule has 0 atom stereocenters. The standard InChI is InChI=1S/C23H27N3O2/c1-15(2)28-16-10-11-20-19(14-16)21-22(26(20)13-7-12-25(3)4)17-8-5-6-9-18(17)23(27)24-21/h5-6,8-11,14-15H,7,12-13H2,1-4H3,(H,24,27). The fourth-order valence-electron chi connectivity index (χ4n) is 3.93. The summed E-state index contributed by atoms with van der Waals surface area (Å²) in [6, 6.07) is 14.0. The minimum absolute atomic E-state index is 0.0503. The molecule has 146 valence electrons. The Labute approximate surface area is 164 Å². The number of aromatic amines is 1. The molecule has 0 unspecified atom stereocenters. The molecule has 4 aromatic rings. The minimum Gasteiger partial charge on any atom is -0.491 e. The van der Waals surface area contributed by atoms with E-state index in [-0.39, 0.29) is 11.7 Å². The zero-order valence-corrected chi connectivity index (χ0v) is 17.0. The molecule has 0 aliphatic carbocycles. The number of aromatic nitrogens is 2. The summed E-state index contributed by atoms with van der Waals surface area (Å²) in [5, 5.41) is 2.75. The topological polar surface area (TPSA) is 50.3 Å². The number of benzene rings is 2. The van der Waals surface area contributed by atoms with Gasteiger partial charge in [-0.2, -0.15) is 0 Å². The maximum atomic E-state index is 12.7. The van der Waals surface area contributed by atoms with Gasteiger partial charge >= 0.3 is 0 Å². The van der Waals surface area contributed by atoms with Crippen molar-refractivity contribution in [2.45, 2.75) is 32.9 Å². The smallest absolute Gasteiger partial charge is 0.256 e. The summed E-state index contributed by atoms with van der Waals surface area (Å²) in [5.41, 5.74) is 3.05. The van der Waals surface area contributed by atoms with Gasteiger partial charge in [0.05, 0.1) is 22.7 Å². The lowest BCUT2D eigenvalue weighted by Gasteiger charge is -2.13. The number of aryl methyl sites for hydroxylation is 1. The molecule has 2 aromatic carbocycles. The fraction of sp³-hybridized carbons (Fsp3) is 0.348. The Morgan fingerprint density at radius 2 is 1.82 bits per heavy atom. The second-order valence-corrected chi connectivity index (χ2v) is 7.88. The van der Waals surface area contributed by atoms with Gasteiger partial charge in [0, 0.05) is 22.7 Å². The lowest BCUT2D eigenvalue weighted by Crippen LogP contribution is -2.15. The largest absolute Gasteiger partial charge is 0.491 e. The SMILES string of the molecule is CC(C)Oc1ccc2c(c1)c1[nH]c(=O)c3ccccc3c1n2CCCN(C)C. The second kappa shape index (κ2) is 7.32. The molecule has 0 radical (unpaired) electrons. The number of pyridine rings is 1. The van der Waals surface area contributed by atoms with E-state index in [1.54, 1.807) is 0 Å². The normalized spacial score (nSPS) is 12.1. The number of H-pyrrole nitrogens is 1. The highest BCUT2D eigenvalue weighted by molar-refractivity contribution is 6.15. The monoisotopic (exact) mass is 377 g/mol. The van der Waals surface area contributed by atoms with Gasteiger partial charge in [0.1, 0.15) is 5.75 Å². The van der Waals surface area contributed by atoms with Gasteiger partial charge in [0.15, 0.2) is 0 Å². The molecule has 0 saturated heterocycles. The van der Waals surface area contributed by atoms with Crippen LogP contribution in [0.3, 0.4) is 0 Å². The summed E-state index contributed by atoms with van der Waals surface area (Å²) in [5.74, 6) is 0.823. The van der Waals surface area contributed by atoms with E-state index in [4.69, 9.17) is 4.74 Å². The summed E-state index contributed by atoms with van der Waals surface area (Å²) in [6.45, 7) is 5.93. The zero-order chi connectivity index (χ0) is 19.8. The third-order valence-corrected chi connectivity index (χ3v) is 5.06. The average Bonchev–Trinajstić information content (AvgIpc) is 2.95. The molecule has 5 heteroatoms. The number of nitrogens with zero attached hydrogens (tertiary/aromatic N) is 2. The average molecular weight is 377 g/mol. The number of hydrogen-bond donors (Lipinski definition) is 1. The Morgan fingerprint density at radius 1 is 1.07 bits per heavy atom. The van der Waals surface area contributed by atoms with Gasteiger partial charge in [-0.05, 0) is 65.2 Å². The molecular weight excluding hydrogens is 350 g/mol. The van der Waals surface area contributed by atoms with E-state index in [1.807, 2.05) is 50.2 Å². The first kappa shape index (κ1) is 18.6. The van der Waals surface area contributed by atoms with E-state index in [2.05, 4.69) is 34.6 Å². The van der Waals surface area contributed by atoms with Gasteiger partial charge in [-0.25, -0.2) is 0 Å². The minimum atomic E-state index is -0.0503. The lowest BCUT2D eigenvalue weighted by atomic mass is 10.1. The third-order valence-electron chi connectivity index (χ3n) is 5.06. The Kier molecular flexibility index (Phi) is 4.85. The predicted octanol–water partition coefficient (Wildman–Crippen LogP) is 4.37. The number of fused-ring (bicyclic) bond motifs is 5. The van der Waals surface area contributed by atoms with Crippen LogP contribution in [0.1, 0.15) is 20.3 Å². The Morgan fingerprint density at radius 3 is 2.54 bits per heavy atom. The summed E-state index contributed by atoms with van der Waals surface area (Å²) < 4.78 is 8.24. The van der Waals surface area contributed by atoms with E-state index in [0.29, 0.717) is 0 Å². The first-order valence-corrected chi connectivity index (χ1v) is 9.84. The quantitative estimate of drug-likeness (QED) is 0.543. The highest BCUT2D eigenvalue weighted by Gasteiger charge is 2.16. The summed E-state index contributed by atoms with van der Waals surface area (Å²) >= 11 is 0. The van der Waals surface area contributed by atoms with E-state index in [0.717, 1.165) is 58.0 Å². The van der Waals surface area contributed by atoms with Crippen molar-refractivity contribution in [1.29, 1.82) is 0 Å². The maximum Gasteiger partial charge on any atom is 0.256 e. The van der Waals surface area contributed by atoms with Crippen LogP contribution >= 0.6 is 0 Å². The predicted molar refractivity (Wildman–Crippen MR) is 117 cm³/mol. The van der Waals surface area contributed by atoms with Crippen LogP contribution in [-0.4, -0.2) is 41.2 Å². The van der Waals surface area contributed by atoms with E-state index < -0.39 is 0 Å². The number of nitrogens with one attached hydrogen (secondary N) is 1. The zero-order valence-electron chi connectivity index (χ0n) is 17.0. The van der Waals surface area contributed by atoms with Crippen molar-refractivity contribution in [3.63, 3.8) is 0 Å². The van der Waals surface area contributed by atoms with Gasteiger partial charge < -0.3 is 19.2 Å². The molecule has 2 aromatic heterocycles. The molecule has 0 aliphatic heterocycles. The summed E-state index contributed by atoms with van der Waals surface area (Å²) in [7, 11) is 4.18. The van der Waals surface area contributed by atoms with E-state index in [1.165, 1.54) is 0 Å². The number of rotatable bonds is 6. The van der Waals surface area contributed by atoms with E-state index in [9.17, 15) is 4.79 Å². The van der Waals surface area contributed by atoms with Crippen LogP contribution in [0.15, 0.2) is 47.3 Å². The van der Waals surface area contributed by atoms with Crippen LogP contribution in [0.5, 0.6) is 5.75 Å². The van der Waals surface area contributed by atoms with Crippen molar-refractivity contribution in [2.24, 2.45) is 0 Å². The maximum absolute atomic E-state index is 12.7. The lowest BCUT2D eigenvalue weighted by molar-refractivity contribution is 0.243. The molecule has 0 spiro atoms. The fourth-order valence-corrected chi connectivity index (χ4v) is 3.93. The van der Waals surface area contributed by atoms with Crippen LogP contribution in [-0.2, 0) is 6.54 Å². The van der Waals surface area contributed by atoms with Crippen LogP contribution in [0, 0.1) is 0 Å². The molecule has 4 rings (SSSR count). The summed E-state index contributed by atoms with van der Waals surface area (Å²) in [4.78, 5) is 18.0. The van der Waals surface area contributed by atoms with Crippen LogP contribution < -0.4 is 10.3 Å². The Hall–Kier alpha value is -2.79. The number of hydrogen-bond acceptors (Lipinski definition) is 3. The molecule has 0 saturated carbocycles. The van der Waals surface area contributed by atoms with Crippen molar-refractivity contribution >= 4 is 32.7 Å². The summed E-state index contributed by atoms with van der Waals surface area (Å²) in [6.07, 6.45) is 1.13. The van der Waals surface area contributed by atoms with Crippen LogP contribution in [0.4, 0.5) is 0 Å². The Balaban J connectivity index is 2.01. The molecule has 0 fully saturated rings. The van der Waals surface area contributed by atoms with Gasteiger partial charge in [-0.1, -0.05) is 18.2 Å². The van der Waals surface area contributed by atoms with Crippen molar-refractivity contribution in [2.75, 3.05) is 20.6 Å². The van der Waals surface area contributed by atoms with Crippen molar-refractivity contribution in [3.05, 3.63) is 52.8 Å². The van der Waals surface area contributed by atoms with Crippen LogP contribution in [0.2, 0.25) is 0 Å². The Bertz CT molecular complexity index is 1200. The first-order chi connectivity index (χ1) is 13.5. The molecular formula is C23H27N3O2. The number of ether oxygens (including phenoxy) is 1. The van der Waals surface area contributed by atoms with Crippen molar-refractivity contribution in [1.82, 2.24) is 14.5 Å². The van der Waals surface area contributed by atoms with Crippen molar-refractivity contribution in [3.8, 4) is 5.75 Å². The van der Waals surface area contributed by atoms with Gasteiger partial charge in [0.25, 0.3) is 5.56 Å². The molecule has 1 N–H and O–H groups in total. The highest BCUT2D eigenvalue weighted by atomic mass is 16.5. The first-order valence-electron chi connectivity index (χ1n) is 9.84. The van der Waals surface area contributed by atoms with Gasteiger partial charge in [0.2, 0.25) is 0 Å². The molecule has 0 bridgehead atoms. The molecule has 28 heavy (non-hydrogen) atoms. The molecule has 2 heterocycles. The molecule has 0 amide bonds. The molecule has 0 aliphatic rings. The second-order valence-electron chi connectivity index (χ2n) is 7.88. The highest BCUT2D eigenvalue weighted by Crippen LogP contribution is 2.34. The van der Waals surface area contributed by atoms with Crippen molar-refractivity contribution < 1.29 is 4.74 Å².